The number of H-pyrrole nitrogens is 1. The van der Waals surface area contributed by atoms with Crippen molar-refractivity contribution in [1.29, 1.82) is 0 Å². The van der Waals surface area contributed by atoms with Crippen LogP contribution in [0.25, 0.3) is 21.8 Å². The van der Waals surface area contributed by atoms with E-state index < -0.39 is 5.82 Å². The van der Waals surface area contributed by atoms with Crippen LogP contribution in [-0.2, 0) is 6.42 Å². The van der Waals surface area contributed by atoms with Gasteiger partial charge >= 0.3 is 0 Å². The fraction of sp³-hybridized carbons (Fsp3) is 0.385. The summed E-state index contributed by atoms with van der Waals surface area (Å²) in [6.07, 6.45) is 4.82. The number of hydrogen-bond donors (Lipinski definition) is 1. The zero-order chi connectivity index (χ0) is 22.7. The van der Waals surface area contributed by atoms with E-state index in [-0.39, 0.29) is 6.10 Å². The van der Waals surface area contributed by atoms with Gasteiger partial charge in [0.05, 0.1) is 10.9 Å². The normalized spacial score (nSPS) is 19.5. The van der Waals surface area contributed by atoms with Crippen LogP contribution in [0.4, 0.5) is 15.9 Å². The van der Waals surface area contributed by atoms with E-state index >= 15 is 4.39 Å². The standard InChI is InChI=1S/C26H28FN5O/c1-15-13-18-23(29-15)19-14-28-25(32-12-10-17-7-4-5-8-21(17)32)22(27)24(19)30-26(18)33-16(2)20-9-6-11-31(20)3/h4-5,7-8,13-14,16,20,29H,6,9-12H2,1-3H3/t16-,20-/m0/s1. The molecule has 2 aliphatic heterocycles. The van der Waals surface area contributed by atoms with E-state index in [2.05, 4.69) is 34.9 Å². The molecule has 5 heterocycles. The maximum Gasteiger partial charge on any atom is 0.223 e. The van der Waals surface area contributed by atoms with Crippen molar-refractivity contribution in [3.05, 3.63) is 53.6 Å². The van der Waals surface area contributed by atoms with Crippen molar-refractivity contribution in [2.75, 3.05) is 25.0 Å². The van der Waals surface area contributed by atoms with Crippen LogP contribution in [0.15, 0.2) is 36.5 Å². The number of nitrogens with one attached hydrogen (secondary N) is 1. The zero-order valence-electron chi connectivity index (χ0n) is 19.2. The van der Waals surface area contributed by atoms with Gasteiger partial charge in [-0.3, -0.25) is 4.90 Å². The molecular weight excluding hydrogens is 417 g/mol. The summed E-state index contributed by atoms with van der Waals surface area (Å²) in [4.78, 5) is 16.9. The van der Waals surface area contributed by atoms with Gasteiger partial charge in [-0.15, -0.1) is 0 Å². The van der Waals surface area contributed by atoms with Crippen molar-refractivity contribution >= 4 is 33.3 Å². The third-order valence-corrected chi connectivity index (χ3v) is 7.20. The molecule has 0 spiro atoms. The molecule has 1 N–H and O–H groups in total. The zero-order valence-corrected chi connectivity index (χ0v) is 19.2. The van der Waals surface area contributed by atoms with E-state index in [0.717, 1.165) is 41.7 Å². The highest BCUT2D eigenvalue weighted by Crippen LogP contribution is 2.39. The van der Waals surface area contributed by atoms with Crippen LogP contribution in [0.3, 0.4) is 0 Å². The summed E-state index contributed by atoms with van der Waals surface area (Å²) >= 11 is 0. The van der Waals surface area contributed by atoms with Crippen molar-refractivity contribution in [3.8, 4) is 5.88 Å². The minimum Gasteiger partial charge on any atom is -0.472 e. The monoisotopic (exact) mass is 445 g/mol. The van der Waals surface area contributed by atoms with Crippen LogP contribution in [-0.4, -0.2) is 52.1 Å². The average Bonchev–Trinajstić information content (AvgIpc) is 3.52. The molecule has 0 aliphatic carbocycles. The lowest BCUT2D eigenvalue weighted by Gasteiger charge is -2.26. The van der Waals surface area contributed by atoms with Crippen molar-refractivity contribution in [1.82, 2.24) is 19.9 Å². The number of para-hydroxylation sites is 1. The molecule has 6 rings (SSSR count). The second kappa shape index (κ2) is 7.70. The molecule has 2 aliphatic rings. The smallest absolute Gasteiger partial charge is 0.223 e. The van der Waals surface area contributed by atoms with Crippen LogP contribution in [0, 0.1) is 12.7 Å². The Morgan fingerprint density at radius 2 is 2.06 bits per heavy atom. The van der Waals surface area contributed by atoms with E-state index in [9.17, 15) is 0 Å². The molecule has 7 heteroatoms. The lowest BCUT2D eigenvalue weighted by molar-refractivity contribution is 0.119. The van der Waals surface area contributed by atoms with Crippen LogP contribution < -0.4 is 9.64 Å². The number of ether oxygens (including phenoxy) is 1. The minimum absolute atomic E-state index is 0.0457. The number of anilines is 2. The third kappa shape index (κ3) is 3.25. The number of nitrogens with zero attached hydrogens (tertiary/aromatic N) is 4. The van der Waals surface area contributed by atoms with Crippen molar-refractivity contribution in [2.24, 2.45) is 0 Å². The molecule has 0 amide bonds. The number of rotatable bonds is 4. The molecule has 3 aromatic heterocycles. The molecule has 1 aromatic carbocycles. The molecule has 170 valence electrons. The number of aromatic nitrogens is 3. The van der Waals surface area contributed by atoms with Gasteiger partial charge in [0.2, 0.25) is 5.88 Å². The Kier molecular flexibility index (Phi) is 4.76. The SMILES string of the molecule is Cc1cc2c(O[C@@H](C)[C@@H]3CCCN3C)nc3c(F)c(N4CCc5ccccc54)ncc3c2[nH]1. The third-order valence-electron chi connectivity index (χ3n) is 7.20. The number of pyridine rings is 2. The molecule has 2 atom stereocenters. The average molecular weight is 446 g/mol. The molecule has 0 bridgehead atoms. The summed E-state index contributed by atoms with van der Waals surface area (Å²) in [5, 5.41) is 1.54. The highest BCUT2D eigenvalue weighted by molar-refractivity contribution is 6.06. The van der Waals surface area contributed by atoms with E-state index in [4.69, 9.17) is 9.72 Å². The Labute approximate surface area is 192 Å². The summed E-state index contributed by atoms with van der Waals surface area (Å²) in [5.74, 6) is 0.387. The van der Waals surface area contributed by atoms with Gasteiger partial charge in [0, 0.05) is 35.6 Å². The number of likely N-dealkylation sites (N-methyl/N-ethyl adjacent to an activating group) is 1. The van der Waals surface area contributed by atoms with Crippen LogP contribution in [0.5, 0.6) is 5.88 Å². The number of benzene rings is 1. The Morgan fingerprint density at radius 1 is 1.21 bits per heavy atom. The van der Waals surface area contributed by atoms with Gasteiger partial charge in [0.25, 0.3) is 0 Å². The molecule has 0 saturated carbocycles. The Morgan fingerprint density at radius 3 is 2.88 bits per heavy atom. The van der Waals surface area contributed by atoms with Crippen LogP contribution in [0.2, 0.25) is 0 Å². The second-order valence-corrected chi connectivity index (χ2v) is 9.36. The van der Waals surface area contributed by atoms with E-state index in [1.807, 2.05) is 36.1 Å². The molecule has 0 radical (unpaired) electrons. The highest BCUT2D eigenvalue weighted by Gasteiger charge is 2.30. The highest BCUT2D eigenvalue weighted by atomic mass is 19.1. The molecular formula is C26H28FN5O. The van der Waals surface area contributed by atoms with Gasteiger partial charge in [-0.2, -0.15) is 0 Å². The summed E-state index contributed by atoms with van der Waals surface area (Å²) in [5.41, 5.74) is 4.31. The predicted molar refractivity (Wildman–Crippen MR) is 129 cm³/mol. The maximum absolute atomic E-state index is 16.0. The fourth-order valence-electron chi connectivity index (χ4n) is 5.51. The minimum atomic E-state index is -0.408. The topological polar surface area (TPSA) is 57.3 Å². The van der Waals surface area contributed by atoms with E-state index in [0.29, 0.717) is 35.2 Å². The van der Waals surface area contributed by atoms with Gasteiger partial charge in [0.15, 0.2) is 11.6 Å². The number of likely N-dealkylation sites (tertiary alicyclic amines) is 1. The van der Waals surface area contributed by atoms with Gasteiger partial charge < -0.3 is 14.6 Å². The maximum atomic E-state index is 16.0. The Bertz CT molecular complexity index is 1370. The van der Waals surface area contributed by atoms with Crippen LogP contribution >= 0.6 is 0 Å². The first-order valence-corrected chi connectivity index (χ1v) is 11.7. The second-order valence-electron chi connectivity index (χ2n) is 9.36. The largest absolute Gasteiger partial charge is 0.472 e. The molecule has 0 unspecified atom stereocenters. The predicted octanol–water partition coefficient (Wildman–Crippen LogP) is 5.11. The molecule has 1 saturated heterocycles. The molecule has 33 heavy (non-hydrogen) atoms. The number of halogens is 1. The number of hydrogen-bond acceptors (Lipinski definition) is 5. The Balaban J connectivity index is 1.48. The number of fused-ring (bicyclic) bond motifs is 4. The first-order valence-electron chi connectivity index (χ1n) is 11.7. The van der Waals surface area contributed by atoms with Crippen molar-refractivity contribution < 1.29 is 9.13 Å². The van der Waals surface area contributed by atoms with E-state index in [1.165, 1.54) is 12.0 Å². The summed E-state index contributed by atoms with van der Waals surface area (Å²) in [7, 11) is 2.13. The van der Waals surface area contributed by atoms with E-state index in [1.54, 1.807) is 6.20 Å². The molecule has 6 nitrogen and oxygen atoms in total. The van der Waals surface area contributed by atoms with Gasteiger partial charge in [-0.05, 0) is 64.4 Å². The lowest BCUT2D eigenvalue weighted by atomic mass is 10.1. The van der Waals surface area contributed by atoms with Crippen LogP contribution in [0.1, 0.15) is 31.0 Å². The summed E-state index contributed by atoms with van der Waals surface area (Å²) in [6, 6.07) is 10.5. The van der Waals surface area contributed by atoms with Gasteiger partial charge in [-0.25, -0.2) is 14.4 Å². The first-order chi connectivity index (χ1) is 16.0. The Hall–Kier alpha value is -3.19. The number of aryl methyl sites for hydroxylation is 1. The molecule has 1 fully saturated rings. The fourth-order valence-corrected chi connectivity index (χ4v) is 5.51. The van der Waals surface area contributed by atoms with Gasteiger partial charge in [0.1, 0.15) is 11.6 Å². The number of aromatic amines is 1. The van der Waals surface area contributed by atoms with Crippen molar-refractivity contribution in [3.63, 3.8) is 0 Å². The van der Waals surface area contributed by atoms with Crippen molar-refractivity contribution in [2.45, 2.75) is 45.3 Å². The van der Waals surface area contributed by atoms with Gasteiger partial charge in [-0.1, -0.05) is 18.2 Å². The summed E-state index contributed by atoms with van der Waals surface area (Å²) in [6.45, 7) is 5.85. The lowest BCUT2D eigenvalue weighted by Crippen LogP contribution is -2.38. The quantitative estimate of drug-likeness (QED) is 0.473. The molecule has 4 aromatic rings. The summed E-state index contributed by atoms with van der Waals surface area (Å²) < 4.78 is 22.4. The first kappa shape index (κ1) is 20.4.